The van der Waals surface area contributed by atoms with Gasteiger partial charge in [0.05, 0.1) is 0 Å². The molecular weight excluding hydrogens is 266 g/mol. The van der Waals surface area contributed by atoms with E-state index in [1.165, 1.54) is 0 Å². The molecule has 0 aliphatic carbocycles. The van der Waals surface area contributed by atoms with Gasteiger partial charge in [0.25, 0.3) is 0 Å². The Morgan fingerprint density at radius 1 is 1.10 bits per heavy atom. The summed E-state index contributed by atoms with van der Waals surface area (Å²) in [5.41, 5.74) is 2.18. The van der Waals surface area contributed by atoms with Crippen LogP contribution in [0.3, 0.4) is 0 Å². The fourth-order valence-electron chi connectivity index (χ4n) is 2.23. The van der Waals surface area contributed by atoms with Gasteiger partial charge in [-0.1, -0.05) is 42.5 Å². The summed E-state index contributed by atoms with van der Waals surface area (Å²) in [6.45, 7) is 1.19. The Balaban J connectivity index is 1.58. The van der Waals surface area contributed by atoms with Crippen LogP contribution in [-0.4, -0.2) is 19.1 Å². The lowest BCUT2D eigenvalue weighted by Gasteiger charge is -2.23. The van der Waals surface area contributed by atoms with E-state index < -0.39 is 0 Å². The molecule has 0 bridgehead atoms. The van der Waals surface area contributed by atoms with Gasteiger partial charge in [0.1, 0.15) is 25.1 Å². The highest BCUT2D eigenvalue weighted by Gasteiger charge is 2.19. The molecule has 2 aromatic carbocycles. The lowest BCUT2D eigenvalue weighted by molar-refractivity contribution is -0.133. The summed E-state index contributed by atoms with van der Waals surface area (Å²) >= 11 is 0. The standard InChI is InChI=1S/C17H17NO3/c19-17-12-21-16(10-18-17)14-6-8-15(9-7-14)20-11-13-4-2-1-3-5-13/h1-9,16H,10-12H2,(H,18,19)/t16-/m1/s1. The highest BCUT2D eigenvalue weighted by molar-refractivity contribution is 5.77. The monoisotopic (exact) mass is 283 g/mol. The second-order valence-electron chi connectivity index (χ2n) is 4.95. The van der Waals surface area contributed by atoms with E-state index in [-0.39, 0.29) is 18.6 Å². The van der Waals surface area contributed by atoms with Crippen LogP contribution in [0, 0.1) is 0 Å². The van der Waals surface area contributed by atoms with E-state index in [1.54, 1.807) is 0 Å². The Bertz CT molecular complexity index is 585. The molecule has 2 aromatic rings. The van der Waals surface area contributed by atoms with Gasteiger partial charge in [0.2, 0.25) is 5.91 Å². The predicted octanol–water partition coefficient (Wildman–Crippen LogP) is 2.45. The van der Waals surface area contributed by atoms with Crippen molar-refractivity contribution in [3.8, 4) is 5.75 Å². The number of hydrogen-bond donors (Lipinski definition) is 1. The van der Waals surface area contributed by atoms with Crippen molar-refractivity contribution in [2.24, 2.45) is 0 Å². The molecule has 1 heterocycles. The summed E-state index contributed by atoms with van der Waals surface area (Å²) in [4.78, 5) is 11.1. The molecule has 4 heteroatoms. The second-order valence-corrected chi connectivity index (χ2v) is 4.95. The molecule has 0 radical (unpaired) electrons. The van der Waals surface area contributed by atoms with Crippen molar-refractivity contribution in [1.29, 1.82) is 0 Å². The normalized spacial score (nSPS) is 18.1. The highest BCUT2D eigenvalue weighted by atomic mass is 16.5. The molecular formula is C17H17NO3. The molecule has 1 amide bonds. The summed E-state index contributed by atoms with van der Waals surface area (Å²) in [6.07, 6.45) is -0.0779. The summed E-state index contributed by atoms with van der Waals surface area (Å²) < 4.78 is 11.2. The van der Waals surface area contributed by atoms with Gasteiger partial charge >= 0.3 is 0 Å². The van der Waals surface area contributed by atoms with E-state index in [2.05, 4.69) is 5.32 Å². The molecule has 21 heavy (non-hydrogen) atoms. The number of hydrogen-bond acceptors (Lipinski definition) is 3. The number of amides is 1. The van der Waals surface area contributed by atoms with Gasteiger partial charge in [0, 0.05) is 6.54 Å². The molecule has 0 saturated carbocycles. The summed E-state index contributed by atoms with van der Waals surface area (Å²) in [5.74, 6) is 0.761. The Hall–Kier alpha value is -2.33. The molecule has 0 spiro atoms. The number of rotatable bonds is 4. The first kappa shape index (κ1) is 13.6. The van der Waals surface area contributed by atoms with Gasteiger partial charge in [-0.3, -0.25) is 4.79 Å². The Morgan fingerprint density at radius 3 is 2.52 bits per heavy atom. The first-order valence-corrected chi connectivity index (χ1v) is 6.96. The fraction of sp³-hybridized carbons (Fsp3) is 0.235. The van der Waals surface area contributed by atoms with Gasteiger partial charge in [0.15, 0.2) is 0 Å². The van der Waals surface area contributed by atoms with E-state index in [9.17, 15) is 4.79 Å². The lowest BCUT2D eigenvalue weighted by Crippen LogP contribution is -2.38. The van der Waals surface area contributed by atoms with Crippen molar-refractivity contribution in [3.05, 3.63) is 65.7 Å². The molecule has 1 saturated heterocycles. The van der Waals surface area contributed by atoms with E-state index in [1.807, 2.05) is 54.6 Å². The van der Waals surface area contributed by atoms with E-state index >= 15 is 0 Å². The summed E-state index contributed by atoms with van der Waals surface area (Å²) in [5, 5.41) is 2.80. The molecule has 0 unspecified atom stereocenters. The first-order chi connectivity index (χ1) is 10.3. The van der Waals surface area contributed by atoms with Crippen molar-refractivity contribution in [3.63, 3.8) is 0 Å². The number of ether oxygens (including phenoxy) is 2. The molecule has 0 aromatic heterocycles. The quantitative estimate of drug-likeness (QED) is 0.937. The Labute approximate surface area is 123 Å². The zero-order valence-corrected chi connectivity index (χ0v) is 11.6. The minimum Gasteiger partial charge on any atom is -0.489 e. The maximum atomic E-state index is 11.1. The van der Waals surface area contributed by atoms with Crippen LogP contribution >= 0.6 is 0 Å². The van der Waals surface area contributed by atoms with Crippen LogP contribution in [0.1, 0.15) is 17.2 Å². The third kappa shape index (κ3) is 3.61. The Kier molecular flexibility index (Phi) is 4.17. The lowest BCUT2D eigenvalue weighted by atomic mass is 10.1. The topological polar surface area (TPSA) is 47.6 Å². The molecule has 1 aliphatic rings. The Morgan fingerprint density at radius 2 is 1.86 bits per heavy atom. The van der Waals surface area contributed by atoms with Crippen molar-refractivity contribution in [2.75, 3.05) is 13.2 Å². The third-order valence-electron chi connectivity index (χ3n) is 3.40. The van der Waals surface area contributed by atoms with Crippen LogP contribution in [0.4, 0.5) is 0 Å². The zero-order valence-electron chi connectivity index (χ0n) is 11.6. The number of carbonyl (C=O) groups excluding carboxylic acids is 1. The first-order valence-electron chi connectivity index (χ1n) is 6.96. The highest BCUT2D eigenvalue weighted by Crippen LogP contribution is 2.22. The average molecular weight is 283 g/mol. The third-order valence-corrected chi connectivity index (χ3v) is 3.40. The smallest absolute Gasteiger partial charge is 0.246 e. The number of nitrogens with one attached hydrogen (secondary N) is 1. The number of morpholine rings is 1. The van der Waals surface area contributed by atoms with E-state index in [4.69, 9.17) is 9.47 Å². The zero-order chi connectivity index (χ0) is 14.5. The minimum atomic E-state index is -0.0779. The van der Waals surface area contributed by atoms with Crippen LogP contribution in [0.5, 0.6) is 5.75 Å². The number of carbonyl (C=O) groups is 1. The molecule has 1 aliphatic heterocycles. The van der Waals surface area contributed by atoms with E-state index in [0.717, 1.165) is 16.9 Å². The molecule has 1 fully saturated rings. The van der Waals surface area contributed by atoms with Gasteiger partial charge in [-0.2, -0.15) is 0 Å². The SMILES string of the molecule is O=C1CO[C@@H](c2ccc(OCc3ccccc3)cc2)CN1. The predicted molar refractivity (Wildman–Crippen MR) is 78.9 cm³/mol. The summed E-state index contributed by atoms with van der Waals surface area (Å²) in [7, 11) is 0. The molecule has 4 nitrogen and oxygen atoms in total. The van der Waals surface area contributed by atoms with Crippen molar-refractivity contribution in [1.82, 2.24) is 5.32 Å². The molecule has 3 rings (SSSR count). The van der Waals surface area contributed by atoms with Crippen molar-refractivity contribution >= 4 is 5.91 Å². The van der Waals surface area contributed by atoms with Crippen LogP contribution in [0.2, 0.25) is 0 Å². The molecule has 1 atom stereocenters. The molecule has 1 N–H and O–H groups in total. The van der Waals surface area contributed by atoms with E-state index in [0.29, 0.717) is 13.2 Å². The average Bonchev–Trinajstić information content (AvgIpc) is 2.55. The van der Waals surface area contributed by atoms with Gasteiger partial charge in [-0.25, -0.2) is 0 Å². The van der Waals surface area contributed by atoms with Gasteiger partial charge in [-0.15, -0.1) is 0 Å². The number of benzene rings is 2. The van der Waals surface area contributed by atoms with Crippen molar-refractivity contribution in [2.45, 2.75) is 12.7 Å². The minimum absolute atomic E-state index is 0.0611. The van der Waals surface area contributed by atoms with Crippen molar-refractivity contribution < 1.29 is 14.3 Å². The second kappa shape index (κ2) is 6.41. The largest absolute Gasteiger partial charge is 0.489 e. The van der Waals surface area contributed by atoms with Crippen LogP contribution in [-0.2, 0) is 16.1 Å². The fourth-order valence-corrected chi connectivity index (χ4v) is 2.23. The van der Waals surface area contributed by atoms with Gasteiger partial charge in [-0.05, 0) is 23.3 Å². The molecule has 108 valence electrons. The van der Waals surface area contributed by atoms with Crippen LogP contribution < -0.4 is 10.1 Å². The maximum absolute atomic E-state index is 11.1. The van der Waals surface area contributed by atoms with Crippen LogP contribution in [0.25, 0.3) is 0 Å². The van der Waals surface area contributed by atoms with Gasteiger partial charge < -0.3 is 14.8 Å². The maximum Gasteiger partial charge on any atom is 0.246 e. The summed E-state index contributed by atoms with van der Waals surface area (Å²) in [6, 6.07) is 17.9. The van der Waals surface area contributed by atoms with Crippen LogP contribution in [0.15, 0.2) is 54.6 Å².